The third-order valence-electron chi connectivity index (χ3n) is 5.25. The Labute approximate surface area is 176 Å². The maximum Gasteiger partial charge on any atom is 0.349 e. The zero-order valence-corrected chi connectivity index (χ0v) is 17.6. The van der Waals surface area contributed by atoms with Gasteiger partial charge in [0.25, 0.3) is 0 Å². The van der Waals surface area contributed by atoms with Crippen molar-refractivity contribution < 1.29 is 22.7 Å². The number of piperazine rings is 1. The first-order valence-electron chi connectivity index (χ1n) is 10.0. The van der Waals surface area contributed by atoms with E-state index in [0.29, 0.717) is 37.6 Å². The minimum absolute atomic E-state index is 0.208. The molecule has 2 aliphatic heterocycles. The molecule has 0 aliphatic carbocycles. The number of anilines is 2. The van der Waals surface area contributed by atoms with Crippen molar-refractivity contribution in [3.63, 3.8) is 0 Å². The van der Waals surface area contributed by atoms with E-state index in [1.807, 2.05) is 30.3 Å². The topological polar surface area (TPSA) is 88.2 Å². The average Bonchev–Trinajstić information content (AvgIpc) is 2.79. The number of hydrogen-bond acceptors (Lipinski definition) is 7. The van der Waals surface area contributed by atoms with E-state index in [-0.39, 0.29) is 18.0 Å². The number of benzene rings is 2. The Balaban J connectivity index is 1.45. The van der Waals surface area contributed by atoms with E-state index in [2.05, 4.69) is 10.2 Å². The summed E-state index contributed by atoms with van der Waals surface area (Å²) in [5, 5.41) is 3.08. The van der Waals surface area contributed by atoms with Crippen LogP contribution in [0.3, 0.4) is 0 Å². The number of ether oxygens (including phenoxy) is 2. The number of esters is 1. The molecule has 2 heterocycles. The lowest BCUT2D eigenvalue weighted by Gasteiger charge is -2.35. The molecule has 1 N–H and O–H groups in total. The predicted octanol–water partition coefficient (Wildman–Crippen LogP) is 1.93. The summed E-state index contributed by atoms with van der Waals surface area (Å²) >= 11 is 0. The van der Waals surface area contributed by atoms with Crippen LogP contribution in [0.5, 0.6) is 5.75 Å². The zero-order valence-electron chi connectivity index (χ0n) is 16.8. The van der Waals surface area contributed by atoms with E-state index in [0.717, 1.165) is 5.69 Å². The van der Waals surface area contributed by atoms with E-state index in [4.69, 9.17) is 9.47 Å². The van der Waals surface area contributed by atoms with Gasteiger partial charge in [-0.15, -0.1) is 0 Å². The summed E-state index contributed by atoms with van der Waals surface area (Å²) in [6.07, 6.45) is -0.744. The minimum Gasteiger partial charge on any atom is -0.475 e. The molecule has 0 aromatic heterocycles. The molecule has 2 aliphatic rings. The van der Waals surface area contributed by atoms with E-state index in [9.17, 15) is 13.2 Å². The number of sulfonamides is 1. The molecule has 0 unspecified atom stereocenters. The molecule has 2 aromatic carbocycles. The number of para-hydroxylation sites is 1. The summed E-state index contributed by atoms with van der Waals surface area (Å²) in [5.74, 6) is -0.00390. The van der Waals surface area contributed by atoms with E-state index in [1.165, 1.54) is 10.4 Å². The molecular weight excluding hydrogens is 406 g/mol. The molecular formula is C21H25N3O5S. The average molecular weight is 432 g/mol. The summed E-state index contributed by atoms with van der Waals surface area (Å²) in [6, 6.07) is 14.7. The highest BCUT2D eigenvalue weighted by atomic mass is 32.2. The highest BCUT2D eigenvalue weighted by Crippen LogP contribution is 2.33. The molecule has 0 amide bonds. The fraction of sp³-hybridized carbons (Fsp3) is 0.381. The molecule has 2 aromatic rings. The second kappa shape index (κ2) is 8.53. The molecule has 9 heteroatoms. The number of nitrogens with one attached hydrogen (secondary N) is 1. The molecule has 160 valence electrons. The molecule has 0 bridgehead atoms. The van der Waals surface area contributed by atoms with Gasteiger partial charge in [-0.1, -0.05) is 18.2 Å². The van der Waals surface area contributed by atoms with Crippen LogP contribution >= 0.6 is 0 Å². The number of nitrogens with zero attached hydrogens (tertiary/aromatic N) is 2. The summed E-state index contributed by atoms with van der Waals surface area (Å²) in [7, 11) is -3.62. The molecule has 1 saturated heterocycles. The minimum atomic E-state index is -3.62. The zero-order chi connectivity index (χ0) is 21.1. The number of carbonyl (C=O) groups excluding carboxylic acids is 1. The SMILES string of the molecule is CCOC(=O)[C@@H]1CNc2cc(S(=O)(=O)N3CCN(c4ccccc4)CC3)ccc2O1. The lowest BCUT2D eigenvalue weighted by Crippen LogP contribution is -2.48. The molecule has 8 nitrogen and oxygen atoms in total. The molecule has 30 heavy (non-hydrogen) atoms. The fourth-order valence-electron chi connectivity index (χ4n) is 3.65. The Morgan fingerprint density at radius 2 is 1.87 bits per heavy atom. The van der Waals surface area contributed by atoms with Gasteiger partial charge in [-0.05, 0) is 37.3 Å². The van der Waals surface area contributed by atoms with Crippen molar-refractivity contribution in [3.05, 3.63) is 48.5 Å². The Morgan fingerprint density at radius 3 is 2.57 bits per heavy atom. The fourth-order valence-corrected chi connectivity index (χ4v) is 5.10. The van der Waals surface area contributed by atoms with Crippen LogP contribution < -0.4 is 15.0 Å². The summed E-state index contributed by atoms with van der Waals surface area (Å²) in [6.45, 7) is 4.35. The molecule has 0 saturated carbocycles. The third kappa shape index (κ3) is 4.08. The summed E-state index contributed by atoms with van der Waals surface area (Å²) < 4.78 is 38.4. The standard InChI is InChI=1S/C21H25N3O5S/c1-2-28-21(25)20-15-22-18-14-17(8-9-19(18)29-20)30(26,27)24-12-10-23(11-13-24)16-6-4-3-5-7-16/h3-9,14,20,22H,2,10-13,15H2,1H3/t20-/m0/s1. The Hall–Kier alpha value is -2.78. The van der Waals surface area contributed by atoms with Crippen LogP contribution in [0.2, 0.25) is 0 Å². The van der Waals surface area contributed by atoms with Gasteiger partial charge in [-0.3, -0.25) is 0 Å². The van der Waals surface area contributed by atoms with Gasteiger partial charge < -0.3 is 19.7 Å². The molecule has 1 fully saturated rings. The van der Waals surface area contributed by atoms with Crippen molar-refractivity contribution >= 4 is 27.4 Å². The van der Waals surface area contributed by atoms with Crippen LogP contribution in [0.4, 0.5) is 11.4 Å². The molecule has 0 spiro atoms. The smallest absolute Gasteiger partial charge is 0.349 e. The molecule has 4 rings (SSSR count). The van der Waals surface area contributed by atoms with Gasteiger partial charge in [0.15, 0.2) is 0 Å². The Kier molecular flexibility index (Phi) is 5.83. The summed E-state index contributed by atoms with van der Waals surface area (Å²) in [4.78, 5) is 14.3. The van der Waals surface area contributed by atoms with Gasteiger partial charge in [0.2, 0.25) is 16.1 Å². The van der Waals surface area contributed by atoms with Crippen molar-refractivity contribution in [2.45, 2.75) is 17.9 Å². The highest BCUT2D eigenvalue weighted by molar-refractivity contribution is 7.89. The van der Waals surface area contributed by atoms with Crippen LogP contribution in [0, 0.1) is 0 Å². The maximum atomic E-state index is 13.1. The van der Waals surface area contributed by atoms with E-state index in [1.54, 1.807) is 19.1 Å². The van der Waals surface area contributed by atoms with Crippen LogP contribution in [0.1, 0.15) is 6.92 Å². The van der Waals surface area contributed by atoms with Gasteiger partial charge in [0.05, 0.1) is 23.7 Å². The lowest BCUT2D eigenvalue weighted by molar-refractivity contribution is -0.150. The van der Waals surface area contributed by atoms with Gasteiger partial charge in [0.1, 0.15) is 5.75 Å². The Bertz CT molecular complexity index is 1000. The van der Waals surface area contributed by atoms with Gasteiger partial charge in [-0.25, -0.2) is 13.2 Å². The first-order valence-corrected chi connectivity index (χ1v) is 11.4. The second-order valence-corrected chi connectivity index (χ2v) is 9.06. The number of carbonyl (C=O) groups is 1. The molecule has 1 atom stereocenters. The lowest BCUT2D eigenvalue weighted by atomic mass is 10.2. The van der Waals surface area contributed by atoms with Gasteiger partial charge in [-0.2, -0.15) is 4.31 Å². The van der Waals surface area contributed by atoms with Crippen molar-refractivity contribution in [3.8, 4) is 5.75 Å². The quantitative estimate of drug-likeness (QED) is 0.724. The van der Waals surface area contributed by atoms with Gasteiger partial charge in [0, 0.05) is 31.9 Å². The highest BCUT2D eigenvalue weighted by Gasteiger charge is 2.31. The van der Waals surface area contributed by atoms with Crippen LogP contribution in [0.25, 0.3) is 0 Å². The van der Waals surface area contributed by atoms with E-state index < -0.39 is 22.1 Å². The first-order chi connectivity index (χ1) is 14.5. The normalized spacial score (nSPS) is 19.4. The number of rotatable bonds is 5. The van der Waals surface area contributed by atoms with Crippen molar-refractivity contribution in [1.82, 2.24) is 4.31 Å². The number of fused-ring (bicyclic) bond motifs is 1. The largest absolute Gasteiger partial charge is 0.475 e. The van der Waals surface area contributed by atoms with Gasteiger partial charge >= 0.3 is 5.97 Å². The predicted molar refractivity (Wildman–Crippen MR) is 113 cm³/mol. The van der Waals surface area contributed by atoms with Crippen molar-refractivity contribution in [2.75, 3.05) is 49.5 Å². The maximum absolute atomic E-state index is 13.1. The molecule has 0 radical (unpaired) electrons. The van der Waals surface area contributed by atoms with Crippen LogP contribution in [-0.2, 0) is 19.6 Å². The third-order valence-corrected chi connectivity index (χ3v) is 7.14. The van der Waals surface area contributed by atoms with Crippen LogP contribution in [0.15, 0.2) is 53.4 Å². The van der Waals surface area contributed by atoms with Crippen molar-refractivity contribution in [2.24, 2.45) is 0 Å². The Morgan fingerprint density at radius 1 is 1.13 bits per heavy atom. The van der Waals surface area contributed by atoms with Crippen LogP contribution in [-0.4, -0.2) is 64.1 Å². The number of hydrogen-bond donors (Lipinski definition) is 1. The monoisotopic (exact) mass is 431 g/mol. The van der Waals surface area contributed by atoms with E-state index >= 15 is 0 Å². The summed E-state index contributed by atoms with van der Waals surface area (Å²) in [5.41, 5.74) is 1.65. The second-order valence-electron chi connectivity index (χ2n) is 7.12. The van der Waals surface area contributed by atoms with Crippen molar-refractivity contribution in [1.29, 1.82) is 0 Å². The first kappa shape index (κ1) is 20.5.